The number of aryl methyl sites for hydroxylation is 2. The third-order valence-electron chi connectivity index (χ3n) is 2.65. The molecule has 0 spiro atoms. The van der Waals surface area contributed by atoms with Gasteiger partial charge in [-0.15, -0.1) is 22.7 Å². The highest BCUT2D eigenvalue weighted by Crippen LogP contribution is 2.29. The van der Waals surface area contributed by atoms with Crippen molar-refractivity contribution in [1.29, 1.82) is 0 Å². The monoisotopic (exact) mass is 295 g/mol. The van der Waals surface area contributed by atoms with E-state index in [1.165, 1.54) is 29.8 Å². The van der Waals surface area contributed by atoms with Gasteiger partial charge in [-0.1, -0.05) is 0 Å². The maximum Gasteiger partial charge on any atom is 0.350 e. The molecule has 0 fully saturated rings. The Hall–Kier alpha value is -1.66. The molecule has 6 heteroatoms. The molecule has 0 unspecified atom stereocenters. The Bertz CT molecular complexity index is 628. The molecule has 0 saturated carbocycles. The van der Waals surface area contributed by atoms with Crippen molar-refractivity contribution in [3.05, 3.63) is 37.7 Å². The number of nitrogens with one attached hydrogen (secondary N) is 1. The van der Waals surface area contributed by atoms with Crippen molar-refractivity contribution in [3.63, 3.8) is 0 Å². The van der Waals surface area contributed by atoms with Gasteiger partial charge < -0.3 is 10.1 Å². The Kier molecular flexibility index (Phi) is 4.01. The van der Waals surface area contributed by atoms with Crippen LogP contribution >= 0.6 is 22.7 Å². The van der Waals surface area contributed by atoms with E-state index < -0.39 is 5.97 Å². The molecule has 0 saturated heterocycles. The lowest BCUT2D eigenvalue weighted by atomic mass is 10.2. The summed E-state index contributed by atoms with van der Waals surface area (Å²) in [6.45, 7) is 3.73. The maximum atomic E-state index is 12.2. The van der Waals surface area contributed by atoms with E-state index in [0.29, 0.717) is 15.4 Å². The van der Waals surface area contributed by atoms with Gasteiger partial charge in [-0.3, -0.25) is 4.79 Å². The molecule has 2 aromatic heterocycles. The zero-order valence-electron chi connectivity index (χ0n) is 10.8. The van der Waals surface area contributed by atoms with Crippen LogP contribution in [-0.4, -0.2) is 19.0 Å². The SMILES string of the molecule is COC(=O)c1scc(C)c1NC(=O)c1sccc1C. The van der Waals surface area contributed by atoms with Gasteiger partial charge in [0.2, 0.25) is 0 Å². The summed E-state index contributed by atoms with van der Waals surface area (Å²) in [6, 6.07) is 1.89. The molecule has 0 aliphatic carbocycles. The summed E-state index contributed by atoms with van der Waals surface area (Å²) in [6.07, 6.45) is 0. The molecule has 19 heavy (non-hydrogen) atoms. The molecule has 1 amide bonds. The average molecular weight is 295 g/mol. The smallest absolute Gasteiger partial charge is 0.350 e. The number of hydrogen-bond donors (Lipinski definition) is 1. The number of esters is 1. The number of methoxy groups -OCH3 is 1. The molecule has 0 radical (unpaired) electrons. The van der Waals surface area contributed by atoms with E-state index in [9.17, 15) is 9.59 Å². The highest BCUT2D eigenvalue weighted by molar-refractivity contribution is 7.13. The van der Waals surface area contributed by atoms with E-state index in [2.05, 4.69) is 5.32 Å². The summed E-state index contributed by atoms with van der Waals surface area (Å²) in [4.78, 5) is 24.9. The fraction of sp³-hybridized carbons (Fsp3) is 0.231. The van der Waals surface area contributed by atoms with Crippen LogP contribution in [-0.2, 0) is 4.74 Å². The van der Waals surface area contributed by atoms with Gasteiger partial charge in [0.15, 0.2) is 0 Å². The fourth-order valence-corrected chi connectivity index (χ4v) is 3.36. The Morgan fingerprint density at radius 3 is 2.47 bits per heavy atom. The molecule has 0 aliphatic rings. The lowest BCUT2D eigenvalue weighted by Crippen LogP contribution is -2.14. The predicted octanol–water partition coefficient (Wildman–Crippen LogP) is 3.47. The van der Waals surface area contributed by atoms with Crippen LogP contribution in [0.5, 0.6) is 0 Å². The first-order chi connectivity index (χ1) is 9.04. The predicted molar refractivity (Wildman–Crippen MR) is 77.4 cm³/mol. The van der Waals surface area contributed by atoms with E-state index in [0.717, 1.165) is 11.1 Å². The summed E-state index contributed by atoms with van der Waals surface area (Å²) in [7, 11) is 1.33. The van der Waals surface area contributed by atoms with E-state index >= 15 is 0 Å². The largest absolute Gasteiger partial charge is 0.465 e. The quantitative estimate of drug-likeness (QED) is 0.882. The summed E-state index contributed by atoms with van der Waals surface area (Å²) >= 11 is 2.65. The average Bonchev–Trinajstić information content (AvgIpc) is 2.96. The van der Waals surface area contributed by atoms with Crippen molar-refractivity contribution in [2.24, 2.45) is 0 Å². The normalized spacial score (nSPS) is 10.3. The van der Waals surface area contributed by atoms with E-state index in [4.69, 9.17) is 4.74 Å². The van der Waals surface area contributed by atoms with Crippen molar-refractivity contribution in [1.82, 2.24) is 0 Å². The number of amides is 1. The summed E-state index contributed by atoms with van der Waals surface area (Å²) in [5.41, 5.74) is 2.32. The Morgan fingerprint density at radius 2 is 1.89 bits per heavy atom. The van der Waals surface area contributed by atoms with Crippen LogP contribution in [0, 0.1) is 13.8 Å². The van der Waals surface area contributed by atoms with Crippen molar-refractivity contribution < 1.29 is 14.3 Å². The molecule has 0 atom stereocenters. The van der Waals surface area contributed by atoms with Gasteiger partial charge in [-0.05, 0) is 41.8 Å². The Morgan fingerprint density at radius 1 is 1.16 bits per heavy atom. The molecule has 2 aromatic rings. The Labute approximate surface area is 119 Å². The first-order valence-electron chi connectivity index (χ1n) is 5.56. The van der Waals surface area contributed by atoms with Crippen molar-refractivity contribution in [2.45, 2.75) is 13.8 Å². The third-order valence-corrected chi connectivity index (χ3v) is 4.75. The number of rotatable bonds is 3. The minimum Gasteiger partial charge on any atom is -0.465 e. The van der Waals surface area contributed by atoms with Crippen LogP contribution < -0.4 is 5.32 Å². The molecule has 4 nitrogen and oxygen atoms in total. The van der Waals surface area contributed by atoms with Gasteiger partial charge in [0.05, 0.1) is 17.7 Å². The molecule has 2 heterocycles. The molecule has 100 valence electrons. The number of carbonyl (C=O) groups is 2. The van der Waals surface area contributed by atoms with E-state index in [-0.39, 0.29) is 5.91 Å². The van der Waals surface area contributed by atoms with Gasteiger partial charge in [-0.2, -0.15) is 0 Å². The molecular weight excluding hydrogens is 282 g/mol. The van der Waals surface area contributed by atoms with Gasteiger partial charge in [0, 0.05) is 0 Å². The number of carbonyl (C=O) groups excluding carboxylic acids is 2. The minimum absolute atomic E-state index is 0.195. The van der Waals surface area contributed by atoms with E-state index in [1.54, 1.807) is 0 Å². The first kappa shape index (κ1) is 13.8. The molecule has 0 bridgehead atoms. The summed E-state index contributed by atoms with van der Waals surface area (Å²) in [5, 5.41) is 6.49. The first-order valence-corrected chi connectivity index (χ1v) is 7.32. The van der Waals surface area contributed by atoms with Crippen LogP contribution in [0.15, 0.2) is 16.8 Å². The van der Waals surface area contributed by atoms with Gasteiger partial charge >= 0.3 is 5.97 Å². The fourth-order valence-electron chi connectivity index (χ4n) is 1.62. The zero-order valence-corrected chi connectivity index (χ0v) is 12.4. The second kappa shape index (κ2) is 5.54. The van der Waals surface area contributed by atoms with Gasteiger partial charge in [0.1, 0.15) is 4.88 Å². The molecule has 0 aliphatic heterocycles. The number of ether oxygens (including phenoxy) is 1. The topological polar surface area (TPSA) is 55.4 Å². The van der Waals surface area contributed by atoms with Crippen LogP contribution in [0.1, 0.15) is 30.5 Å². The van der Waals surface area contributed by atoms with E-state index in [1.807, 2.05) is 30.7 Å². The van der Waals surface area contributed by atoms with Crippen molar-refractivity contribution >= 4 is 40.2 Å². The molecular formula is C13H13NO3S2. The standard InChI is InChI=1S/C13H13NO3S2/c1-7-4-5-18-10(7)12(15)14-9-8(2)6-19-11(9)13(16)17-3/h4-6H,1-3H3,(H,14,15). The zero-order chi connectivity index (χ0) is 14.0. The van der Waals surface area contributed by atoms with Crippen molar-refractivity contribution in [3.8, 4) is 0 Å². The van der Waals surface area contributed by atoms with Crippen LogP contribution in [0.4, 0.5) is 5.69 Å². The van der Waals surface area contributed by atoms with Crippen LogP contribution in [0.25, 0.3) is 0 Å². The maximum absolute atomic E-state index is 12.2. The highest BCUT2D eigenvalue weighted by Gasteiger charge is 2.20. The number of thiophene rings is 2. The molecule has 2 rings (SSSR count). The third kappa shape index (κ3) is 2.69. The molecule has 0 aromatic carbocycles. The van der Waals surface area contributed by atoms with Crippen LogP contribution in [0.2, 0.25) is 0 Å². The summed E-state index contributed by atoms with van der Waals surface area (Å²) in [5.74, 6) is -0.629. The van der Waals surface area contributed by atoms with Crippen LogP contribution in [0.3, 0.4) is 0 Å². The highest BCUT2D eigenvalue weighted by atomic mass is 32.1. The lowest BCUT2D eigenvalue weighted by Gasteiger charge is -2.06. The second-order valence-electron chi connectivity index (χ2n) is 4.00. The minimum atomic E-state index is -0.434. The lowest BCUT2D eigenvalue weighted by molar-refractivity contribution is 0.0607. The van der Waals surface area contributed by atoms with Crippen molar-refractivity contribution in [2.75, 3.05) is 12.4 Å². The number of anilines is 1. The Balaban J connectivity index is 2.29. The second-order valence-corrected chi connectivity index (χ2v) is 5.80. The molecule has 1 N–H and O–H groups in total. The van der Waals surface area contributed by atoms with Gasteiger partial charge in [-0.25, -0.2) is 4.79 Å². The number of hydrogen-bond acceptors (Lipinski definition) is 5. The summed E-state index contributed by atoms with van der Waals surface area (Å²) < 4.78 is 4.71. The van der Waals surface area contributed by atoms with Gasteiger partial charge in [0.25, 0.3) is 5.91 Å².